The van der Waals surface area contributed by atoms with Gasteiger partial charge in [0.25, 0.3) is 5.91 Å². The highest BCUT2D eigenvalue weighted by Crippen LogP contribution is 2.40. The number of halogens is 1. The molecule has 3 atom stereocenters. The first-order valence-corrected chi connectivity index (χ1v) is 14.0. The summed E-state index contributed by atoms with van der Waals surface area (Å²) in [4.78, 5) is 39.6. The van der Waals surface area contributed by atoms with Crippen LogP contribution in [0.2, 0.25) is 0 Å². The number of aryl methyl sites for hydroxylation is 1. The quantitative estimate of drug-likeness (QED) is 0.256. The van der Waals surface area contributed by atoms with E-state index in [9.17, 15) is 18.9 Å². The predicted molar refractivity (Wildman–Crippen MR) is 149 cm³/mol. The van der Waals surface area contributed by atoms with E-state index in [1.165, 1.54) is 16.0 Å². The highest BCUT2D eigenvalue weighted by Gasteiger charge is 2.43. The topological polar surface area (TPSA) is 135 Å². The van der Waals surface area contributed by atoms with Crippen molar-refractivity contribution in [2.45, 2.75) is 44.2 Å². The molecule has 1 aromatic heterocycles. The highest BCUT2D eigenvalue weighted by molar-refractivity contribution is 5.97. The number of hydrogen-bond acceptors (Lipinski definition) is 6. The van der Waals surface area contributed by atoms with Gasteiger partial charge in [-0.3, -0.25) is 9.59 Å². The van der Waals surface area contributed by atoms with Crippen LogP contribution in [0.15, 0.2) is 60.9 Å². The SMILES string of the molecule is Cc1ccc([C@@H]2C[C@H]2NCCC[C@H](NC(=O)c2ccc(-n3ccnn3)cc2)C(=O)N2CC[N+](F)(C(N)=O)CC2)cc1. The van der Waals surface area contributed by atoms with Crippen molar-refractivity contribution in [1.82, 2.24) is 30.5 Å². The monoisotopic (exact) mass is 563 g/mol. The Kier molecular flexibility index (Phi) is 8.41. The highest BCUT2D eigenvalue weighted by atomic mass is 19.2. The second kappa shape index (κ2) is 12.1. The molecule has 4 amide bonds. The van der Waals surface area contributed by atoms with Gasteiger partial charge in [0.15, 0.2) is 0 Å². The largest absolute Gasteiger partial charge is 0.452 e. The van der Waals surface area contributed by atoms with Crippen molar-refractivity contribution in [3.8, 4) is 5.69 Å². The predicted octanol–water partition coefficient (Wildman–Crippen LogP) is 2.22. The summed E-state index contributed by atoms with van der Waals surface area (Å²) in [5.74, 6) is -0.184. The third-order valence-corrected chi connectivity index (χ3v) is 7.95. The van der Waals surface area contributed by atoms with Crippen LogP contribution in [-0.4, -0.2) is 87.3 Å². The number of primary amides is 1. The van der Waals surface area contributed by atoms with Gasteiger partial charge in [0.2, 0.25) is 5.91 Å². The summed E-state index contributed by atoms with van der Waals surface area (Å²) in [5, 5.41) is 14.2. The molecule has 3 aromatic rings. The van der Waals surface area contributed by atoms with Crippen molar-refractivity contribution in [2.75, 3.05) is 32.7 Å². The zero-order chi connectivity index (χ0) is 29.0. The second-order valence-electron chi connectivity index (χ2n) is 10.9. The number of carbonyl (C=O) groups is 3. The molecule has 2 aromatic carbocycles. The first-order valence-electron chi connectivity index (χ1n) is 14.0. The molecule has 1 aliphatic carbocycles. The summed E-state index contributed by atoms with van der Waals surface area (Å²) in [6.07, 6.45) is 5.41. The summed E-state index contributed by atoms with van der Waals surface area (Å²) in [5.41, 5.74) is 8.91. The molecule has 0 radical (unpaired) electrons. The summed E-state index contributed by atoms with van der Waals surface area (Å²) in [6, 6.07) is 14.0. The lowest BCUT2D eigenvalue weighted by Crippen LogP contribution is -2.62. The van der Waals surface area contributed by atoms with E-state index in [0.29, 0.717) is 36.9 Å². The summed E-state index contributed by atoms with van der Waals surface area (Å²) < 4.78 is 14.8. The fraction of sp³-hybridized carbons (Fsp3) is 0.414. The van der Waals surface area contributed by atoms with E-state index in [1.54, 1.807) is 41.3 Å². The standard InChI is InChI=1S/C29H35FN8O3/c1-20-4-6-21(7-5-20)24-19-26(24)32-12-2-3-25(28(40)36-15-17-38(30,18-16-36)29(31)41)34-27(39)22-8-10-23(11-9-22)37-14-13-33-35-37/h4-11,13-14,24-26,32H,2-3,12,15-19H2,1H3,(H2-,31,34,39,41)/p+1/t24-,25-,26+/m0/s1. The van der Waals surface area contributed by atoms with E-state index in [0.717, 1.165) is 12.1 Å². The summed E-state index contributed by atoms with van der Waals surface area (Å²) >= 11 is 0. The van der Waals surface area contributed by atoms with Gasteiger partial charge in [-0.2, -0.15) is 0 Å². The molecule has 4 N–H and O–H groups in total. The van der Waals surface area contributed by atoms with Crippen molar-refractivity contribution in [3.05, 3.63) is 77.6 Å². The van der Waals surface area contributed by atoms with E-state index < -0.39 is 16.8 Å². The molecule has 2 aliphatic rings. The number of hydrogen-bond donors (Lipinski definition) is 3. The van der Waals surface area contributed by atoms with E-state index in [1.807, 2.05) is 0 Å². The molecule has 12 heteroatoms. The normalized spacial score (nSPS) is 20.3. The molecular formula is C29H36FN8O3+. The maximum Gasteiger partial charge on any atom is 0.452 e. The maximum atomic E-state index is 14.6. The van der Waals surface area contributed by atoms with E-state index in [4.69, 9.17) is 5.73 Å². The number of carbonyl (C=O) groups excluding carboxylic acids is 3. The maximum absolute atomic E-state index is 14.6. The Morgan fingerprint density at radius 1 is 1.10 bits per heavy atom. The Morgan fingerprint density at radius 3 is 2.44 bits per heavy atom. The van der Waals surface area contributed by atoms with Crippen LogP contribution in [0.4, 0.5) is 9.28 Å². The van der Waals surface area contributed by atoms with Gasteiger partial charge in [0, 0.05) is 22.0 Å². The van der Waals surface area contributed by atoms with Crippen LogP contribution in [0, 0.1) is 6.92 Å². The number of nitrogens with one attached hydrogen (secondary N) is 2. The van der Waals surface area contributed by atoms with Crippen LogP contribution >= 0.6 is 0 Å². The molecular weight excluding hydrogens is 527 g/mol. The van der Waals surface area contributed by atoms with Gasteiger partial charge >= 0.3 is 6.03 Å². The Hall–Kier alpha value is -4.16. The molecule has 41 heavy (non-hydrogen) atoms. The van der Waals surface area contributed by atoms with Gasteiger partial charge in [0.05, 0.1) is 31.2 Å². The molecule has 0 spiro atoms. The lowest BCUT2D eigenvalue weighted by Gasteiger charge is -2.35. The minimum atomic E-state index is -1.40. The fourth-order valence-corrected chi connectivity index (χ4v) is 5.25. The minimum Gasteiger partial charge on any atom is -0.340 e. The molecule has 0 unspecified atom stereocenters. The second-order valence-corrected chi connectivity index (χ2v) is 10.9. The van der Waals surface area contributed by atoms with Crippen molar-refractivity contribution in [1.29, 1.82) is 0 Å². The van der Waals surface area contributed by atoms with Crippen LogP contribution in [-0.2, 0) is 4.79 Å². The number of urea groups is 1. The molecule has 216 valence electrons. The van der Waals surface area contributed by atoms with Gasteiger partial charge in [-0.1, -0.05) is 35.0 Å². The number of piperazine rings is 1. The fourth-order valence-electron chi connectivity index (χ4n) is 5.25. The minimum absolute atomic E-state index is 0.0375. The molecule has 5 rings (SSSR count). The van der Waals surface area contributed by atoms with Crippen molar-refractivity contribution >= 4 is 17.8 Å². The number of rotatable bonds is 10. The molecule has 0 bridgehead atoms. The van der Waals surface area contributed by atoms with Gasteiger partial charge in [-0.05, 0) is 67.3 Å². The van der Waals surface area contributed by atoms with Crippen molar-refractivity contribution < 1.29 is 23.6 Å². The number of nitrogens with two attached hydrogens (primary N) is 1. The number of aromatic nitrogens is 3. The Labute approximate surface area is 238 Å². The summed E-state index contributed by atoms with van der Waals surface area (Å²) in [6.45, 7) is 2.42. The van der Waals surface area contributed by atoms with Crippen LogP contribution in [0.25, 0.3) is 5.69 Å². The Balaban J connectivity index is 1.19. The smallest absolute Gasteiger partial charge is 0.340 e. The summed E-state index contributed by atoms with van der Waals surface area (Å²) in [7, 11) is 0. The van der Waals surface area contributed by atoms with Crippen molar-refractivity contribution in [2.24, 2.45) is 5.73 Å². The molecule has 1 saturated carbocycles. The third-order valence-electron chi connectivity index (χ3n) is 7.95. The van der Waals surface area contributed by atoms with Crippen LogP contribution < -0.4 is 16.4 Å². The average Bonchev–Trinajstić information content (AvgIpc) is 3.53. The first-order chi connectivity index (χ1) is 19.7. The molecule has 2 heterocycles. The number of quaternary nitrogens is 1. The van der Waals surface area contributed by atoms with Crippen LogP contribution in [0.5, 0.6) is 0 Å². The first kappa shape index (κ1) is 28.4. The number of nitrogens with zero attached hydrogens (tertiary/aromatic N) is 5. The number of benzene rings is 2. The van der Waals surface area contributed by atoms with E-state index >= 15 is 0 Å². The van der Waals surface area contributed by atoms with Gasteiger partial charge in [0.1, 0.15) is 19.1 Å². The zero-order valence-electron chi connectivity index (χ0n) is 23.1. The zero-order valence-corrected chi connectivity index (χ0v) is 23.1. The molecule has 1 aliphatic heterocycles. The third kappa shape index (κ3) is 6.77. The van der Waals surface area contributed by atoms with E-state index in [2.05, 4.69) is 52.1 Å². The van der Waals surface area contributed by atoms with Crippen LogP contribution in [0.3, 0.4) is 0 Å². The lowest BCUT2D eigenvalue weighted by atomic mass is 10.1. The Morgan fingerprint density at radius 2 is 1.80 bits per heavy atom. The van der Waals surface area contributed by atoms with Gasteiger partial charge in [-0.15, -0.1) is 5.10 Å². The molecule has 1 saturated heterocycles. The van der Waals surface area contributed by atoms with Crippen LogP contribution in [0.1, 0.15) is 46.7 Å². The number of amides is 4. The average molecular weight is 564 g/mol. The van der Waals surface area contributed by atoms with Gasteiger partial charge < -0.3 is 21.3 Å². The molecule has 2 fully saturated rings. The van der Waals surface area contributed by atoms with E-state index in [-0.39, 0.29) is 38.0 Å². The van der Waals surface area contributed by atoms with Crippen molar-refractivity contribution in [3.63, 3.8) is 0 Å². The lowest BCUT2D eigenvalue weighted by molar-refractivity contribution is -0.990. The molecule has 11 nitrogen and oxygen atoms in total. The Bertz CT molecular complexity index is 1360. The van der Waals surface area contributed by atoms with Gasteiger partial charge in [-0.25, -0.2) is 9.48 Å².